The molecule has 2 aromatic carbocycles. The van der Waals surface area contributed by atoms with Crippen molar-refractivity contribution in [1.82, 2.24) is 4.90 Å². The number of hydrogen-bond donors (Lipinski definition) is 1. The molecule has 0 saturated carbocycles. The number of unbranched alkanes of at least 4 members (excludes halogenated alkanes) is 1. The van der Waals surface area contributed by atoms with Crippen molar-refractivity contribution in [2.75, 3.05) is 32.2 Å². The van der Waals surface area contributed by atoms with Gasteiger partial charge in [0.25, 0.3) is 5.91 Å². The number of carbonyl (C=O) groups is 1. The van der Waals surface area contributed by atoms with Gasteiger partial charge in [-0.1, -0.05) is 37.6 Å². The van der Waals surface area contributed by atoms with Gasteiger partial charge in [0, 0.05) is 19.3 Å². The molecule has 1 amide bonds. The minimum Gasteiger partial charge on any atom is -0.491 e. The zero-order valence-electron chi connectivity index (χ0n) is 15.4. The minimum atomic E-state index is -0.199. The maximum atomic E-state index is 13.0. The Morgan fingerprint density at radius 2 is 1.96 bits per heavy atom. The van der Waals surface area contributed by atoms with E-state index >= 15 is 0 Å². The van der Waals surface area contributed by atoms with E-state index in [1.54, 1.807) is 7.11 Å². The van der Waals surface area contributed by atoms with Crippen LogP contribution in [0.5, 0.6) is 5.75 Å². The first-order valence-electron chi connectivity index (χ1n) is 9.13. The third kappa shape index (κ3) is 3.99. The van der Waals surface area contributed by atoms with Crippen LogP contribution in [0.4, 0.5) is 5.69 Å². The van der Waals surface area contributed by atoms with Crippen molar-refractivity contribution in [3.8, 4) is 5.75 Å². The van der Waals surface area contributed by atoms with Crippen molar-refractivity contribution in [3.63, 3.8) is 0 Å². The second kappa shape index (κ2) is 8.72. The number of nitrogens with zero attached hydrogens (tertiary/aromatic N) is 1. The standard InChI is InChI=1S/C21H26N2O3/c1-3-4-12-23-20(22-19-11-6-5-10-18(19)21(23)24)16-8-7-9-17(15-16)26-14-13-25-2/h5-11,15,20,22H,3-4,12-14H2,1-2H3. The monoisotopic (exact) mass is 354 g/mol. The van der Waals surface area contributed by atoms with E-state index in [1.165, 1.54) is 0 Å². The van der Waals surface area contributed by atoms with Gasteiger partial charge in [-0.2, -0.15) is 0 Å². The van der Waals surface area contributed by atoms with Gasteiger partial charge in [0.15, 0.2) is 0 Å². The molecule has 0 bridgehead atoms. The lowest BCUT2D eigenvalue weighted by atomic mass is 10.0. The Balaban J connectivity index is 1.88. The molecule has 5 heteroatoms. The number of ether oxygens (including phenoxy) is 2. The zero-order chi connectivity index (χ0) is 18.4. The Kier molecular flexibility index (Phi) is 6.12. The van der Waals surface area contributed by atoms with Gasteiger partial charge in [0.1, 0.15) is 18.5 Å². The summed E-state index contributed by atoms with van der Waals surface area (Å²) in [5, 5.41) is 3.52. The first-order chi connectivity index (χ1) is 12.7. The molecule has 1 heterocycles. The predicted octanol–water partition coefficient (Wildman–Crippen LogP) is 4.08. The molecule has 5 nitrogen and oxygen atoms in total. The highest BCUT2D eigenvalue weighted by molar-refractivity contribution is 6.01. The van der Waals surface area contributed by atoms with Crippen LogP contribution >= 0.6 is 0 Å². The average Bonchev–Trinajstić information content (AvgIpc) is 2.68. The van der Waals surface area contributed by atoms with Gasteiger partial charge in [-0.05, 0) is 36.2 Å². The van der Waals surface area contributed by atoms with Crippen LogP contribution in [0.15, 0.2) is 48.5 Å². The number of anilines is 1. The van der Waals surface area contributed by atoms with Gasteiger partial charge in [-0.3, -0.25) is 4.79 Å². The number of methoxy groups -OCH3 is 1. The molecule has 1 N–H and O–H groups in total. The average molecular weight is 354 g/mol. The summed E-state index contributed by atoms with van der Waals surface area (Å²) in [6.45, 7) is 3.89. The van der Waals surface area contributed by atoms with Gasteiger partial charge in [-0.25, -0.2) is 0 Å². The van der Waals surface area contributed by atoms with Gasteiger partial charge in [-0.15, -0.1) is 0 Å². The summed E-state index contributed by atoms with van der Waals surface area (Å²) in [6.07, 6.45) is 1.81. The number of rotatable bonds is 8. The van der Waals surface area contributed by atoms with Crippen LogP contribution in [0.1, 0.15) is 41.9 Å². The molecule has 1 atom stereocenters. The van der Waals surface area contributed by atoms with Crippen molar-refractivity contribution < 1.29 is 14.3 Å². The van der Waals surface area contributed by atoms with Crippen LogP contribution in [-0.2, 0) is 4.74 Å². The first kappa shape index (κ1) is 18.3. The van der Waals surface area contributed by atoms with Crippen LogP contribution in [0.2, 0.25) is 0 Å². The quantitative estimate of drug-likeness (QED) is 0.726. The Morgan fingerprint density at radius 3 is 2.77 bits per heavy atom. The minimum absolute atomic E-state index is 0.0727. The number of carbonyl (C=O) groups excluding carboxylic acids is 1. The molecule has 2 aromatic rings. The second-order valence-corrected chi connectivity index (χ2v) is 6.36. The smallest absolute Gasteiger partial charge is 0.257 e. The molecule has 0 aromatic heterocycles. The van der Waals surface area contributed by atoms with E-state index in [4.69, 9.17) is 9.47 Å². The van der Waals surface area contributed by atoms with Gasteiger partial charge < -0.3 is 19.7 Å². The highest BCUT2D eigenvalue weighted by Crippen LogP contribution is 2.34. The zero-order valence-corrected chi connectivity index (χ0v) is 15.4. The molecule has 3 rings (SSSR count). The summed E-state index contributed by atoms with van der Waals surface area (Å²) in [7, 11) is 1.65. The van der Waals surface area contributed by atoms with E-state index in [-0.39, 0.29) is 12.1 Å². The lowest BCUT2D eigenvalue weighted by Gasteiger charge is -2.38. The van der Waals surface area contributed by atoms with Crippen LogP contribution in [0, 0.1) is 0 Å². The molecule has 1 aliphatic rings. The van der Waals surface area contributed by atoms with Crippen LogP contribution in [0.3, 0.4) is 0 Å². The van der Waals surface area contributed by atoms with Gasteiger partial charge >= 0.3 is 0 Å². The SMILES string of the molecule is CCCCN1C(=O)c2ccccc2NC1c1cccc(OCCOC)c1. The lowest BCUT2D eigenvalue weighted by molar-refractivity contribution is 0.0680. The Labute approximate surface area is 154 Å². The van der Waals surface area contributed by atoms with E-state index in [1.807, 2.05) is 53.4 Å². The highest BCUT2D eigenvalue weighted by atomic mass is 16.5. The van der Waals surface area contributed by atoms with E-state index in [2.05, 4.69) is 12.2 Å². The number of para-hydroxylation sites is 1. The van der Waals surface area contributed by atoms with Crippen LogP contribution in [0.25, 0.3) is 0 Å². The number of benzene rings is 2. The third-order valence-electron chi connectivity index (χ3n) is 4.50. The lowest BCUT2D eigenvalue weighted by Crippen LogP contribution is -2.43. The molecule has 0 radical (unpaired) electrons. The molecule has 26 heavy (non-hydrogen) atoms. The predicted molar refractivity (Wildman–Crippen MR) is 103 cm³/mol. The molecule has 0 aliphatic carbocycles. The topological polar surface area (TPSA) is 50.8 Å². The second-order valence-electron chi connectivity index (χ2n) is 6.36. The fraction of sp³-hybridized carbons (Fsp3) is 0.381. The normalized spacial score (nSPS) is 16.2. The molecular weight excluding hydrogens is 328 g/mol. The molecule has 1 unspecified atom stereocenters. The fourth-order valence-corrected chi connectivity index (χ4v) is 3.13. The Bertz CT molecular complexity index is 748. The van der Waals surface area contributed by atoms with E-state index < -0.39 is 0 Å². The largest absolute Gasteiger partial charge is 0.491 e. The molecule has 138 valence electrons. The maximum Gasteiger partial charge on any atom is 0.257 e. The summed E-state index contributed by atoms with van der Waals surface area (Å²) in [5.74, 6) is 0.853. The van der Waals surface area contributed by atoms with Crippen LogP contribution < -0.4 is 10.1 Å². The first-order valence-corrected chi connectivity index (χ1v) is 9.13. The number of amides is 1. The molecular formula is C21H26N2O3. The fourth-order valence-electron chi connectivity index (χ4n) is 3.13. The summed E-state index contributed by atoms with van der Waals surface area (Å²) in [6, 6.07) is 15.6. The number of fused-ring (bicyclic) bond motifs is 1. The highest BCUT2D eigenvalue weighted by Gasteiger charge is 2.32. The number of nitrogens with one attached hydrogen (secondary N) is 1. The van der Waals surface area contributed by atoms with Crippen molar-refractivity contribution in [2.24, 2.45) is 0 Å². The Morgan fingerprint density at radius 1 is 1.12 bits per heavy atom. The third-order valence-corrected chi connectivity index (χ3v) is 4.50. The summed E-state index contributed by atoms with van der Waals surface area (Å²) in [5.41, 5.74) is 2.62. The molecule has 1 aliphatic heterocycles. The molecule has 0 spiro atoms. The summed E-state index contributed by atoms with van der Waals surface area (Å²) >= 11 is 0. The number of hydrogen-bond acceptors (Lipinski definition) is 4. The summed E-state index contributed by atoms with van der Waals surface area (Å²) in [4.78, 5) is 15.0. The molecule has 0 fully saturated rings. The molecule has 0 saturated heterocycles. The van der Waals surface area contributed by atoms with Crippen molar-refractivity contribution in [3.05, 3.63) is 59.7 Å². The van der Waals surface area contributed by atoms with Gasteiger partial charge in [0.05, 0.1) is 12.2 Å². The van der Waals surface area contributed by atoms with E-state index in [0.717, 1.165) is 42.0 Å². The van der Waals surface area contributed by atoms with Gasteiger partial charge in [0.2, 0.25) is 0 Å². The van der Waals surface area contributed by atoms with E-state index in [9.17, 15) is 4.79 Å². The van der Waals surface area contributed by atoms with Crippen molar-refractivity contribution >= 4 is 11.6 Å². The maximum absolute atomic E-state index is 13.0. The van der Waals surface area contributed by atoms with Crippen LogP contribution in [-0.4, -0.2) is 37.7 Å². The van der Waals surface area contributed by atoms with Crippen molar-refractivity contribution in [2.45, 2.75) is 25.9 Å². The van der Waals surface area contributed by atoms with Crippen molar-refractivity contribution in [1.29, 1.82) is 0 Å². The summed E-state index contributed by atoms with van der Waals surface area (Å²) < 4.78 is 10.8. The van der Waals surface area contributed by atoms with E-state index in [0.29, 0.717) is 13.2 Å². The Hall–Kier alpha value is -2.53.